The highest BCUT2D eigenvalue weighted by Crippen LogP contribution is 2.40. The van der Waals surface area contributed by atoms with Gasteiger partial charge in [-0.1, -0.05) is 49.6 Å². The third-order valence-electron chi connectivity index (χ3n) is 4.84. The highest BCUT2D eigenvalue weighted by atomic mass is 16.4. The van der Waals surface area contributed by atoms with Crippen molar-refractivity contribution in [3.05, 3.63) is 35.9 Å². The molecular formula is C16H21NO2. The van der Waals surface area contributed by atoms with E-state index in [0.717, 1.165) is 38.8 Å². The van der Waals surface area contributed by atoms with Gasteiger partial charge in [0.2, 0.25) is 0 Å². The van der Waals surface area contributed by atoms with E-state index in [2.05, 4.69) is 29.2 Å². The zero-order valence-corrected chi connectivity index (χ0v) is 11.2. The van der Waals surface area contributed by atoms with Gasteiger partial charge in [-0.05, 0) is 18.4 Å². The van der Waals surface area contributed by atoms with Crippen molar-refractivity contribution in [3.8, 4) is 0 Å². The Morgan fingerprint density at radius 2 is 1.74 bits per heavy atom. The highest BCUT2D eigenvalue weighted by molar-refractivity contribution is 5.79. The van der Waals surface area contributed by atoms with E-state index in [1.165, 1.54) is 12.0 Å². The molecule has 0 bridgehead atoms. The van der Waals surface area contributed by atoms with Crippen molar-refractivity contribution < 1.29 is 9.90 Å². The third-order valence-corrected chi connectivity index (χ3v) is 4.84. The Labute approximate surface area is 114 Å². The Hall–Kier alpha value is -1.35. The zero-order valence-electron chi connectivity index (χ0n) is 11.2. The monoisotopic (exact) mass is 259 g/mol. The predicted molar refractivity (Wildman–Crippen MR) is 74.2 cm³/mol. The summed E-state index contributed by atoms with van der Waals surface area (Å²) >= 11 is 0. The molecule has 0 unspecified atom stereocenters. The number of carboxylic acid groups (broad SMARTS) is 1. The van der Waals surface area contributed by atoms with E-state index >= 15 is 0 Å². The summed E-state index contributed by atoms with van der Waals surface area (Å²) in [4.78, 5) is 13.9. The van der Waals surface area contributed by atoms with Crippen LogP contribution in [0.5, 0.6) is 0 Å². The summed E-state index contributed by atoms with van der Waals surface area (Å²) in [6.07, 6.45) is 4.94. The van der Waals surface area contributed by atoms with Gasteiger partial charge in [0.25, 0.3) is 0 Å². The molecule has 1 N–H and O–H groups in total. The first kappa shape index (κ1) is 12.7. The first-order chi connectivity index (χ1) is 9.22. The topological polar surface area (TPSA) is 40.5 Å². The minimum Gasteiger partial charge on any atom is -0.480 e. The molecule has 0 atom stereocenters. The van der Waals surface area contributed by atoms with Gasteiger partial charge in [0.15, 0.2) is 0 Å². The Morgan fingerprint density at radius 1 is 1.11 bits per heavy atom. The summed E-state index contributed by atoms with van der Waals surface area (Å²) < 4.78 is 0. The van der Waals surface area contributed by atoms with Crippen LogP contribution < -0.4 is 0 Å². The molecule has 1 saturated carbocycles. The van der Waals surface area contributed by atoms with Crippen LogP contribution in [0.2, 0.25) is 0 Å². The lowest BCUT2D eigenvalue weighted by molar-refractivity contribution is -0.158. The second-order valence-corrected chi connectivity index (χ2v) is 5.91. The Bertz CT molecular complexity index is 445. The van der Waals surface area contributed by atoms with Gasteiger partial charge in [0.05, 0.1) is 0 Å². The molecule has 1 aromatic rings. The van der Waals surface area contributed by atoms with Gasteiger partial charge < -0.3 is 5.11 Å². The largest absolute Gasteiger partial charge is 0.480 e. The van der Waals surface area contributed by atoms with Gasteiger partial charge in [0.1, 0.15) is 5.54 Å². The number of benzene rings is 1. The molecule has 102 valence electrons. The average molecular weight is 259 g/mol. The number of rotatable bonds is 3. The lowest BCUT2D eigenvalue weighted by Gasteiger charge is -2.51. The number of likely N-dealkylation sites (tertiary alicyclic amines) is 1. The number of nitrogens with zero attached hydrogens (tertiary/aromatic N) is 1. The fraction of sp³-hybridized carbons (Fsp3) is 0.562. The van der Waals surface area contributed by atoms with E-state index in [-0.39, 0.29) is 0 Å². The second-order valence-electron chi connectivity index (χ2n) is 5.91. The molecule has 3 rings (SSSR count). The van der Waals surface area contributed by atoms with Crippen LogP contribution in [0.1, 0.15) is 43.6 Å². The third kappa shape index (κ3) is 2.16. The second kappa shape index (κ2) is 4.97. The summed E-state index contributed by atoms with van der Waals surface area (Å²) in [5, 5.41) is 9.64. The molecular weight excluding hydrogens is 238 g/mol. The number of hydrogen-bond acceptors (Lipinski definition) is 2. The maximum absolute atomic E-state index is 11.7. The summed E-state index contributed by atoms with van der Waals surface area (Å²) in [6, 6.07) is 10.4. The number of hydrogen-bond donors (Lipinski definition) is 1. The fourth-order valence-electron chi connectivity index (χ4n) is 3.57. The van der Waals surface area contributed by atoms with Crippen molar-refractivity contribution in [2.45, 2.75) is 43.6 Å². The Kier molecular flexibility index (Phi) is 3.31. The van der Waals surface area contributed by atoms with Crippen molar-refractivity contribution >= 4 is 5.97 Å². The van der Waals surface area contributed by atoms with E-state index < -0.39 is 11.5 Å². The smallest absolute Gasteiger partial charge is 0.324 e. The van der Waals surface area contributed by atoms with Crippen LogP contribution in [-0.4, -0.2) is 34.6 Å². The first-order valence-corrected chi connectivity index (χ1v) is 7.26. The molecule has 2 aliphatic rings. The van der Waals surface area contributed by atoms with E-state index in [4.69, 9.17) is 0 Å². The van der Waals surface area contributed by atoms with Gasteiger partial charge >= 0.3 is 5.97 Å². The van der Waals surface area contributed by atoms with Crippen molar-refractivity contribution in [1.29, 1.82) is 0 Å². The zero-order chi connectivity index (χ0) is 13.3. The highest BCUT2D eigenvalue weighted by Gasteiger charge is 2.49. The van der Waals surface area contributed by atoms with E-state index in [9.17, 15) is 9.90 Å². The Morgan fingerprint density at radius 3 is 2.32 bits per heavy atom. The van der Waals surface area contributed by atoms with E-state index in [0.29, 0.717) is 5.92 Å². The molecule has 0 aromatic heterocycles. The average Bonchev–Trinajstić information content (AvgIpc) is 2.39. The standard InChI is InChI=1S/C16H21NO2/c18-15(19)16(9-5-2-6-10-16)17-11-14(12-17)13-7-3-1-4-8-13/h1,3-4,7-8,14H,2,5-6,9-12H2,(H,18,19). The van der Waals surface area contributed by atoms with Gasteiger partial charge in [0, 0.05) is 19.0 Å². The van der Waals surface area contributed by atoms with Crippen molar-refractivity contribution in [3.63, 3.8) is 0 Å². The van der Waals surface area contributed by atoms with Crippen LogP contribution >= 0.6 is 0 Å². The van der Waals surface area contributed by atoms with Crippen LogP contribution in [0.3, 0.4) is 0 Å². The first-order valence-electron chi connectivity index (χ1n) is 7.26. The number of aliphatic carboxylic acids is 1. The molecule has 1 aliphatic carbocycles. The van der Waals surface area contributed by atoms with Gasteiger partial charge in [-0.3, -0.25) is 9.69 Å². The normalized spacial score (nSPS) is 23.8. The van der Waals surface area contributed by atoms with Crippen LogP contribution in [0.4, 0.5) is 0 Å². The number of carbonyl (C=O) groups is 1. The molecule has 3 nitrogen and oxygen atoms in total. The quantitative estimate of drug-likeness (QED) is 0.907. The van der Waals surface area contributed by atoms with Crippen LogP contribution in [0, 0.1) is 0 Å². The van der Waals surface area contributed by atoms with Crippen LogP contribution in [-0.2, 0) is 4.79 Å². The van der Waals surface area contributed by atoms with Crippen LogP contribution in [0.25, 0.3) is 0 Å². The lowest BCUT2D eigenvalue weighted by Crippen LogP contribution is -2.63. The molecule has 3 heteroatoms. The van der Waals surface area contributed by atoms with Crippen molar-refractivity contribution in [2.24, 2.45) is 0 Å². The summed E-state index contributed by atoms with van der Waals surface area (Å²) in [6.45, 7) is 1.80. The van der Waals surface area contributed by atoms with Gasteiger partial charge in [-0.25, -0.2) is 0 Å². The molecule has 1 heterocycles. The van der Waals surface area contributed by atoms with E-state index in [1.807, 2.05) is 6.07 Å². The lowest BCUT2D eigenvalue weighted by atomic mass is 9.76. The predicted octanol–water partition coefficient (Wildman–Crippen LogP) is 2.87. The summed E-state index contributed by atoms with van der Waals surface area (Å²) in [7, 11) is 0. The maximum atomic E-state index is 11.7. The van der Waals surface area contributed by atoms with Gasteiger partial charge in [-0.2, -0.15) is 0 Å². The molecule has 1 aliphatic heterocycles. The minimum atomic E-state index is -0.612. The molecule has 0 radical (unpaired) electrons. The SMILES string of the molecule is O=C(O)C1(N2CC(c3ccccc3)C2)CCCCC1. The van der Waals surface area contributed by atoms with Crippen LogP contribution in [0.15, 0.2) is 30.3 Å². The number of carboxylic acids is 1. The summed E-state index contributed by atoms with van der Waals surface area (Å²) in [5.41, 5.74) is 0.777. The molecule has 19 heavy (non-hydrogen) atoms. The molecule has 2 fully saturated rings. The Balaban J connectivity index is 1.70. The minimum absolute atomic E-state index is 0.513. The molecule has 1 aromatic carbocycles. The molecule has 1 saturated heterocycles. The van der Waals surface area contributed by atoms with E-state index in [1.54, 1.807) is 0 Å². The van der Waals surface area contributed by atoms with Gasteiger partial charge in [-0.15, -0.1) is 0 Å². The van der Waals surface area contributed by atoms with Crippen molar-refractivity contribution in [2.75, 3.05) is 13.1 Å². The molecule has 0 amide bonds. The molecule has 0 spiro atoms. The fourth-order valence-corrected chi connectivity index (χ4v) is 3.57. The van der Waals surface area contributed by atoms with Crippen molar-refractivity contribution in [1.82, 2.24) is 4.90 Å². The summed E-state index contributed by atoms with van der Waals surface area (Å²) in [5.74, 6) is -0.0990. The maximum Gasteiger partial charge on any atom is 0.324 e.